The molecule has 1 aliphatic carbocycles. The van der Waals surface area contributed by atoms with Gasteiger partial charge in [0.05, 0.1) is 31.9 Å². The van der Waals surface area contributed by atoms with Crippen LogP contribution in [0.2, 0.25) is 0 Å². The summed E-state index contributed by atoms with van der Waals surface area (Å²) in [5, 5.41) is 1.17. The number of amides is 1. The molecule has 2 aliphatic heterocycles. The summed E-state index contributed by atoms with van der Waals surface area (Å²) in [4.78, 5) is 23.3. The predicted molar refractivity (Wildman–Crippen MR) is 153 cm³/mol. The number of aromatic nitrogens is 1. The van der Waals surface area contributed by atoms with Gasteiger partial charge in [-0.15, -0.1) is 0 Å². The molecular formula is C32H39N3O4. The summed E-state index contributed by atoms with van der Waals surface area (Å²) in [6.45, 7) is 4.91. The monoisotopic (exact) mass is 529 g/mol. The van der Waals surface area contributed by atoms with Crippen LogP contribution in [-0.4, -0.2) is 68.5 Å². The molecule has 0 spiro atoms. The molecule has 3 aromatic rings. The van der Waals surface area contributed by atoms with Crippen LogP contribution in [0.3, 0.4) is 0 Å². The number of anilines is 1. The zero-order valence-corrected chi connectivity index (χ0v) is 23.0. The van der Waals surface area contributed by atoms with Crippen molar-refractivity contribution in [2.45, 2.75) is 57.6 Å². The van der Waals surface area contributed by atoms with E-state index in [1.54, 1.807) is 7.11 Å². The van der Waals surface area contributed by atoms with Gasteiger partial charge in [0, 0.05) is 50.2 Å². The third kappa shape index (κ3) is 5.89. The molecule has 7 nitrogen and oxygen atoms in total. The highest BCUT2D eigenvalue weighted by Gasteiger charge is 2.26. The van der Waals surface area contributed by atoms with Gasteiger partial charge in [-0.2, -0.15) is 0 Å². The molecule has 0 saturated carbocycles. The number of methoxy groups -OCH3 is 1. The number of hydrogen-bond acceptors (Lipinski definition) is 6. The van der Waals surface area contributed by atoms with Crippen LogP contribution in [-0.2, 0) is 40.1 Å². The summed E-state index contributed by atoms with van der Waals surface area (Å²) in [5.74, 6) is 1.95. The van der Waals surface area contributed by atoms with E-state index in [1.807, 2.05) is 29.2 Å². The third-order valence-corrected chi connectivity index (χ3v) is 8.36. The van der Waals surface area contributed by atoms with Gasteiger partial charge in [0.2, 0.25) is 5.91 Å². The van der Waals surface area contributed by atoms with Gasteiger partial charge in [-0.1, -0.05) is 18.2 Å². The first-order valence-corrected chi connectivity index (χ1v) is 14.5. The highest BCUT2D eigenvalue weighted by atomic mass is 16.5. The minimum absolute atomic E-state index is 0.0868. The largest absolute Gasteiger partial charge is 0.496 e. The quantitative estimate of drug-likeness (QED) is 0.400. The van der Waals surface area contributed by atoms with Crippen LogP contribution in [0.15, 0.2) is 42.5 Å². The van der Waals surface area contributed by atoms with E-state index in [9.17, 15) is 4.79 Å². The number of aryl methyl sites for hydroxylation is 3. The minimum Gasteiger partial charge on any atom is -0.496 e. The molecule has 206 valence electrons. The molecule has 2 saturated heterocycles. The summed E-state index contributed by atoms with van der Waals surface area (Å²) in [6, 6.07) is 14.8. The van der Waals surface area contributed by atoms with E-state index in [-0.39, 0.29) is 12.0 Å². The van der Waals surface area contributed by atoms with Crippen molar-refractivity contribution in [2.24, 2.45) is 0 Å². The van der Waals surface area contributed by atoms with Crippen molar-refractivity contribution in [3.8, 4) is 5.75 Å². The molecule has 0 unspecified atom stereocenters. The number of fused-ring (bicyclic) bond motifs is 2. The minimum atomic E-state index is 0.0868. The Hall–Kier alpha value is -3.16. The molecule has 1 aromatic heterocycles. The van der Waals surface area contributed by atoms with E-state index in [0.717, 1.165) is 73.6 Å². The molecule has 0 N–H and O–H groups in total. The molecule has 7 heteroatoms. The molecule has 39 heavy (non-hydrogen) atoms. The van der Waals surface area contributed by atoms with E-state index in [2.05, 4.69) is 23.1 Å². The van der Waals surface area contributed by atoms with Crippen molar-refractivity contribution in [3.63, 3.8) is 0 Å². The summed E-state index contributed by atoms with van der Waals surface area (Å²) in [6.07, 6.45) is 6.69. The fourth-order valence-corrected chi connectivity index (χ4v) is 6.25. The van der Waals surface area contributed by atoms with Crippen molar-refractivity contribution in [1.29, 1.82) is 0 Å². The number of nitrogens with zero attached hydrogens (tertiary/aromatic N) is 3. The number of morpholine rings is 1. The number of carbonyl (C=O) groups excluding carboxylic acids is 1. The number of benzene rings is 2. The second-order valence-electron chi connectivity index (χ2n) is 11.0. The fourth-order valence-electron chi connectivity index (χ4n) is 6.25. The van der Waals surface area contributed by atoms with Gasteiger partial charge < -0.3 is 24.0 Å². The van der Waals surface area contributed by atoms with Crippen molar-refractivity contribution in [1.82, 2.24) is 9.88 Å². The Morgan fingerprint density at radius 2 is 1.87 bits per heavy atom. The number of ether oxygens (including phenoxy) is 3. The maximum absolute atomic E-state index is 13.8. The standard InChI is InChI=1S/C32H39N3O4/c1-37-30-10-3-2-6-23(30)11-12-31(36)35(22-28-9-5-15-39-28)21-27-19-26-18-24-7-4-8-25(24)20-29(26)33-32(27)34-13-16-38-17-14-34/h2-3,6,10,18-20,28H,4-5,7-9,11-17,21-22H2,1H3/t28-/m1/s1. The molecule has 6 rings (SSSR count). The van der Waals surface area contributed by atoms with Crippen molar-refractivity contribution in [2.75, 3.05) is 51.5 Å². The Kier molecular flexibility index (Phi) is 7.98. The Morgan fingerprint density at radius 3 is 2.67 bits per heavy atom. The Morgan fingerprint density at radius 1 is 1.05 bits per heavy atom. The molecule has 3 heterocycles. The summed E-state index contributed by atoms with van der Waals surface area (Å²) in [5.41, 5.74) is 6.08. The van der Waals surface area contributed by atoms with Gasteiger partial charge in [-0.25, -0.2) is 4.98 Å². The molecule has 0 radical (unpaired) electrons. The highest BCUT2D eigenvalue weighted by molar-refractivity contribution is 5.84. The summed E-state index contributed by atoms with van der Waals surface area (Å²) >= 11 is 0. The molecule has 2 fully saturated rings. The van der Waals surface area contributed by atoms with Gasteiger partial charge >= 0.3 is 0 Å². The maximum atomic E-state index is 13.8. The van der Waals surface area contributed by atoms with Crippen LogP contribution in [0.1, 0.15) is 47.9 Å². The molecule has 0 bridgehead atoms. The molecular weight excluding hydrogens is 490 g/mol. The van der Waals surface area contributed by atoms with Crippen LogP contribution in [0.25, 0.3) is 10.9 Å². The van der Waals surface area contributed by atoms with Gasteiger partial charge in [0.1, 0.15) is 11.6 Å². The van der Waals surface area contributed by atoms with Gasteiger partial charge in [-0.05, 0) is 79.5 Å². The molecule has 3 aliphatic rings. The van der Waals surface area contributed by atoms with Crippen molar-refractivity contribution < 1.29 is 19.0 Å². The second-order valence-corrected chi connectivity index (χ2v) is 11.0. The van der Waals surface area contributed by atoms with Crippen molar-refractivity contribution in [3.05, 3.63) is 64.7 Å². The number of para-hydroxylation sites is 1. The molecule has 1 amide bonds. The first kappa shape index (κ1) is 26.1. The molecule has 1 atom stereocenters. The first-order valence-electron chi connectivity index (χ1n) is 14.5. The van der Waals surface area contributed by atoms with Crippen LogP contribution < -0.4 is 9.64 Å². The number of rotatable bonds is 9. The average Bonchev–Trinajstić information content (AvgIpc) is 3.66. The number of carbonyl (C=O) groups is 1. The summed E-state index contributed by atoms with van der Waals surface area (Å²) in [7, 11) is 1.68. The van der Waals surface area contributed by atoms with Crippen LogP contribution in [0.5, 0.6) is 5.75 Å². The SMILES string of the molecule is COc1ccccc1CCC(=O)N(Cc1cc2cc3c(cc2nc1N1CCOCC1)CCC3)C[C@H]1CCCO1. The Labute approximate surface area is 231 Å². The van der Waals surface area contributed by atoms with E-state index < -0.39 is 0 Å². The summed E-state index contributed by atoms with van der Waals surface area (Å²) < 4.78 is 17.2. The fraction of sp³-hybridized carbons (Fsp3) is 0.500. The lowest BCUT2D eigenvalue weighted by Crippen LogP contribution is -2.40. The van der Waals surface area contributed by atoms with E-state index >= 15 is 0 Å². The smallest absolute Gasteiger partial charge is 0.223 e. The zero-order valence-electron chi connectivity index (χ0n) is 23.0. The van der Waals surface area contributed by atoms with Gasteiger partial charge in [0.25, 0.3) is 0 Å². The van der Waals surface area contributed by atoms with Gasteiger partial charge in [-0.3, -0.25) is 4.79 Å². The number of hydrogen-bond donors (Lipinski definition) is 0. The Balaban J connectivity index is 1.31. The van der Waals surface area contributed by atoms with Crippen LogP contribution in [0, 0.1) is 0 Å². The lowest BCUT2D eigenvalue weighted by Gasteiger charge is -2.32. The molecule has 2 aromatic carbocycles. The Bertz CT molecular complexity index is 1310. The highest BCUT2D eigenvalue weighted by Crippen LogP contribution is 2.32. The van der Waals surface area contributed by atoms with E-state index in [1.165, 1.54) is 22.9 Å². The maximum Gasteiger partial charge on any atom is 0.223 e. The number of pyridine rings is 1. The van der Waals surface area contributed by atoms with E-state index in [0.29, 0.717) is 39.1 Å². The average molecular weight is 530 g/mol. The first-order chi connectivity index (χ1) is 19.2. The lowest BCUT2D eigenvalue weighted by molar-refractivity contribution is -0.133. The van der Waals surface area contributed by atoms with Crippen LogP contribution in [0.4, 0.5) is 5.82 Å². The third-order valence-electron chi connectivity index (χ3n) is 8.36. The second kappa shape index (κ2) is 11.9. The lowest BCUT2D eigenvalue weighted by atomic mass is 10.0. The van der Waals surface area contributed by atoms with E-state index in [4.69, 9.17) is 19.2 Å². The van der Waals surface area contributed by atoms with Crippen molar-refractivity contribution >= 4 is 22.6 Å². The topological polar surface area (TPSA) is 64.1 Å². The normalized spacial score (nSPS) is 18.9. The zero-order chi connectivity index (χ0) is 26.6. The van der Waals surface area contributed by atoms with Gasteiger partial charge in [0.15, 0.2) is 0 Å². The predicted octanol–water partition coefficient (Wildman–Crippen LogP) is 4.71. The van der Waals surface area contributed by atoms with Crippen LogP contribution >= 0.6 is 0 Å².